The second-order valence-corrected chi connectivity index (χ2v) is 5.70. The first kappa shape index (κ1) is 15.9. The smallest absolute Gasteiger partial charge is 0.227 e. The first-order chi connectivity index (χ1) is 12.8. The summed E-state index contributed by atoms with van der Waals surface area (Å²) in [5.41, 5.74) is 1.63. The summed E-state index contributed by atoms with van der Waals surface area (Å²) >= 11 is 0. The zero-order valence-electron chi connectivity index (χ0n) is 13.9. The molecule has 1 N–H and O–H groups in total. The first-order valence-electron chi connectivity index (χ1n) is 8.23. The number of nitrogens with zero attached hydrogens (tertiary/aromatic N) is 5. The summed E-state index contributed by atoms with van der Waals surface area (Å²) in [4.78, 5) is 16.4. The SMILES string of the molecule is O=C(CCc1nc(-c2ccccc2)no1)NCc1nnc2ccccn12. The number of amides is 1. The molecular weight excluding hydrogens is 332 g/mol. The van der Waals surface area contributed by atoms with Gasteiger partial charge in [-0.05, 0) is 12.1 Å². The Labute approximate surface area is 148 Å². The van der Waals surface area contributed by atoms with Crippen LogP contribution in [0.5, 0.6) is 0 Å². The highest BCUT2D eigenvalue weighted by Crippen LogP contribution is 2.15. The summed E-state index contributed by atoms with van der Waals surface area (Å²) in [7, 11) is 0. The minimum absolute atomic E-state index is 0.114. The van der Waals surface area contributed by atoms with Crippen molar-refractivity contribution < 1.29 is 9.32 Å². The molecule has 3 heterocycles. The van der Waals surface area contributed by atoms with Crippen molar-refractivity contribution in [3.8, 4) is 11.4 Å². The number of benzene rings is 1. The second kappa shape index (κ2) is 7.14. The lowest BCUT2D eigenvalue weighted by atomic mass is 10.2. The zero-order valence-corrected chi connectivity index (χ0v) is 13.9. The molecule has 0 bridgehead atoms. The number of pyridine rings is 1. The number of carbonyl (C=O) groups is 1. The maximum Gasteiger partial charge on any atom is 0.227 e. The van der Waals surface area contributed by atoms with E-state index in [1.165, 1.54) is 0 Å². The molecule has 3 aromatic heterocycles. The van der Waals surface area contributed by atoms with E-state index in [9.17, 15) is 4.79 Å². The van der Waals surface area contributed by atoms with E-state index < -0.39 is 0 Å². The van der Waals surface area contributed by atoms with E-state index in [4.69, 9.17) is 4.52 Å². The predicted octanol–water partition coefficient (Wildman–Crippen LogP) is 2.03. The minimum atomic E-state index is -0.114. The Balaban J connectivity index is 1.31. The van der Waals surface area contributed by atoms with Gasteiger partial charge in [0, 0.05) is 24.6 Å². The molecule has 0 atom stereocenters. The minimum Gasteiger partial charge on any atom is -0.349 e. The third-order valence-electron chi connectivity index (χ3n) is 3.89. The summed E-state index contributed by atoms with van der Waals surface area (Å²) in [6.45, 7) is 0.309. The van der Waals surface area contributed by atoms with Crippen LogP contribution in [0.1, 0.15) is 18.1 Å². The van der Waals surface area contributed by atoms with Crippen molar-refractivity contribution in [1.29, 1.82) is 0 Å². The van der Waals surface area contributed by atoms with E-state index in [1.807, 2.05) is 59.1 Å². The van der Waals surface area contributed by atoms with E-state index in [1.54, 1.807) is 0 Å². The molecule has 0 unspecified atom stereocenters. The molecule has 0 aliphatic carbocycles. The van der Waals surface area contributed by atoms with Crippen molar-refractivity contribution in [1.82, 2.24) is 30.1 Å². The topological polar surface area (TPSA) is 98.2 Å². The molecule has 4 aromatic rings. The summed E-state index contributed by atoms with van der Waals surface area (Å²) in [5, 5.41) is 14.9. The molecular formula is C18H16N6O2. The van der Waals surface area contributed by atoms with Crippen molar-refractivity contribution in [3.05, 3.63) is 66.4 Å². The number of fused-ring (bicyclic) bond motifs is 1. The number of hydrogen-bond donors (Lipinski definition) is 1. The third-order valence-corrected chi connectivity index (χ3v) is 3.89. The van der Waals surface area contributed by atoms with Gasteiger partial charge in [-0.1, -0.05) is 41.6 Å². The molecule has 0 spiro atoms. The number of hydrogen-bond acceptors (Lipinski definition) is 6. The van der Waals surface area contributed by atoms with Crippen LogP contribution in [0.2, 0.25) is 0 Å². The van der Waals surface area contributed by atoms with Gasteiger partial charge in [0.15, 0.2) is 11.5 Å². The van der Waals surface area contributed by atoms with E-state index in [2.05, 4.69) is 25.7 Å². The highest BCUT2D eigenvalue weighted by atomic mass is 16.5. The van der Waals surface area contributed by atoms with Crippen molar-refractivity contribution in [2.24, 2.45) is 0 Å². The van der Waals surface area contributed by atoms with Gasteiger partial charge in [0.05, 0.1) is 6.54 Å². The lowest BCUT2D eigenvalue weighted by Gasteiger charge is -2.02. The number of nitrogens with one attached hydrogen (secondary N) is 1. The molecule has 0 fully saturated rings. The molecule has 8 nitrogen and oxygen atoms in total. The van der Waals surface area contributed by atoms with Crippen LogP contribution in [0, 0.1) is 0 Å². The van der Waals surface area contributed by atoms with E-state index in [0.717, 1.165) is 11.2 Å². The monoisotopic (exact) mass is 348 g/mol. The van der Waals surface area contributed by atoms with Crippen LogP contribution in [-0.4, -0.2) is 30.6 Å². The molecule has 0 saturated carbocycles. The largest absolute Gasteiger partial charge is 0.349 e. The van der Waals surface area contributed by atoms with Gasteiger partial charge in [0.25, 0.3) is 0 Å². The van der Waals surface area contributed by atoms with Gasteiger partial charge < -0.3 is 9.84 Å². The summed E-state index contributed by atoms with van der Waals surface area (Å²) in [6.07, 6.45) is 2.50. The number of aromatic nitrogens is 5. The second-order valence-electron chi connectivity index (χ2n) is 5.70. The quantitative estimate of drug-likeness (QED) is 0.572. The third kappa shape index (κ3) is 3.44. The molecule has 0 saturated heterocycles. The maximum absolute atomic E-state index is 12.1. The molecule has 4 rings (SSSR count). The van der Waals surface area contributed by atoms with Gasteiger partial charge in [-0.25, -0.2) is 0 Å². The number of aryl methyl sites for hydroxylation is 1. The van der Waals surface area contributed by atoms with Crippen LogP contribution in [0.4, 0.5) is 0 Å². The Kier molecular flexibility index (Phi) is 4.38. The number of carbonyl (C=O) groups excluding carboxylic acids is 1. The van der Waals surface area contributed by atoms with Crippen molar-refractivity contribution in [2.75, 3.05) is 0 Å². The summed E-state index contributed by atoms with van der Waals surface area (Å²) in [5.74, 6) is 1.53. The van der Waals surface area contributed by atoms with Gasteiger partial charge in [0.2, 0.25) is 17.6 Å². The average Bonchev–Trinajstić information content (AvgIpc) is 3.33. The Bertz CT molecular complexity index is 1020. The van der Waals surface area contributed by atoms with Gasteiger partial charge in [-0.2, -0.15) is 4.98 Å². The highest BCUT2D eigenvalue weighted by Gasteiger charge is 2.11. The Morgan fingerprint density at radius 1 is 1.08 bits per heavy atom. The summed E-state index contributed by atoms with van der Waals surface area (Å²) in [6, 6.07) is 15.2. The van der Waals surface area contributed by atoms with Gasteiger partial charge in [0.1, 0.15) is 0 Å². The average molecular weight is 348 g/mol. The van der Waals surface area contributed by atoms with E-state index in [0.29, 0.717) is 30.5 Å². The normalized spacial score (nSPS) is 10.9. The Morgan fingerprint density at radius 2 is 1.92 bits per heavy atom. The van der Waals surface area contributed by atoms with E-state index in [-0.39, 0.29) is 12.3 Å². The van der Waals surface area contributed by atoms with Gasteiger partial charge in [-0.15, -0.1) is 10.2 Å². The van der Waals surface area contributed by atoms with Crippen molar-refractivity contribution in [3.63, 3.8) is 0 Å². The fourth-order valence-corrected chi connectivity index (χ4v) is 2.56. The van der Waals surface area contributed by atoms with Crippen LogP contribution in [-0.2, 0) is 17.8 Å². The van der Waals surface area contributed by atoms with Crippen LogP contribution in [0.15, 0.2) is 59.3 Å². The van der Waals surface area contributed by atoms with Crippen LogP contribution in [0.25, 0.3) is 17.0 Å². The lowest BCUT2D eigenvalue weighted by Crippen LogP contribution is -2.24. The van der Waals surface area contributed by atoms with Crippen LogP contribution < -0.4 is 5.32 Å². The lowest BCUT2D eigenvalue weighted by molar-refractivity contribution is -0.121. The van der Waals surface area contributed by atoms with Crippen LogP contribution >= 0.6 is 0 Å². The Hall–Kier alpha value is -3.55. The predicted molar refractivity (Wildman–Crippen MR) is 92.9 cm³/mol. The molecule has 0 radical (unpaired) electrons. The summed E-state index contributed by atoms with van der Waals surface area (Å²) < 4.78 is 7.05. The van der Waals surface area contributed by atoms with Crippen molar-refractivity contribution >= 4 is 11.6 Å². The van der Waals surface area contributed by atoms with Crippen molar-refractivity contribution in [2.45, 2.75) is 19.4 Å². The van der Waals surface area contributed by atoms with Crippen LogP contribution in [0.3, 0.4) is 0 Å². The maximum atomic E-state index is 12.1. The van der Waals surface area contributed by atoms with E-state index >= 15 is 0 Å². The molecule has 0 aliphatic rings. The number of rotatable bonds is 6. The zero-order chi connectivity index (χ0) is 17.8. The highest BCUT2D eigenvalue weighted by molar-refractivity contribution is 5.75. The van der Waals surface area contributed by atoms with Gasteiger partial charge >= 0.3 is 0 Å². The molecule has 8 heteroatoms. The standard InChI is InChI=1S/C18H16N6O2/c25-16(19-12-15-22-21-14-8-4-5-11-24(14)15)9-10-17-20-18(23-26-17)13-6-2-1-3-7-13/h1-8,11H,9-10,12H2,(H,19,25). The molecule has 26 heavy (non-hydrogen) atoms. The Morgan fingerprint density at radius 3 is 2.81 bits per heavy atom. The first-order valence-corrected chi connectivity index (χ1v) is 8.23. The molecule has 1 amide bonds. The molecule has 1 aromatic carbocycles. The fraction of sp³-hybridized carbons (Fsp3) is 0.167. The molecule has 130 valence electrons. The fourth-order valence-electron chi connectivity index (χ4n) is 2.56. The molecule has 0 aliphatic heterocycles. The van der Waals surface area contributed by atoms with Gasteiger partial charge in [-0.3, -0.25) is 9.20 Å².